The standard InChI is InChI=1S/C16H17Cl2NO2/c1-10(11-5-4-6-12(17)7-11)19-14-8-13(18)15(20-2)9-16(14)21-3/h4-10,19H,1-3H3. The Kier molecular flexibility index (Phi) is 5.21. The maximum atomic E-state index is 6.17. The zero-order chi connectivity index (χ0) is 15.4. The highest BCUT2D eigenvalue weighted by molar-refractivity contribution is 6.32. The fourth-order valence-corrected chi connectivity index (χ4v) is 2.50. The zero-order valence-corrected chi connectivity index (χ0v) is 13.6. The van der Waals surface area contributed by atoms with Gasteiger partial charge in [-0.25, -0.2) is 0 Å². The minimum atomic E-state index is 0.0575. The molecule has 0 radical (unpaired) electrons. The first-order valence-electron chi connectivity index (χ1n) is 6.48. The second-order valence-electron chi connectivity index (χ2n) is 4.61. The molecular weight excluding hydrogens is 309 g/mol. The van der Waals surface area contributed by atoms with E-state index in [1.165, 1.54) is 0 Å². The van der Waals surface area contributed by atoms with Crippen molar-refractivity contribution in [1.29, 1.82) is 0 Å². The summed E-state index contributed by atoms with van der Waals surface area (Å²) in [6.07, 6.45) is 0. The monoisotopic (exact) mass is 325 g/mol. The predicted molar refractivity (Wildman–Crippen MR) is 88.0 cm³/mol. The molecule has 2 aromatic carbocycles. The van der Waals surface area contributed by atoms with Crippen molar-refractivity contribution in [2.24, 2.45) is 0 Å². The molecule has 0 bridgehead atoms. The van der Waals surface area contributed by atoms with Gasteiger partial charge in [0.2, 0.25) is 0 Å². The van der Waals surface area contributed by atoms with Crippen LogP contribution >= 0.6 is 23.2 Å². The first-order valence-corrected chi connectivity index (χ1v) is 7.24. The minimum Gasteiger partial charge on any atom is -0.495 e. The Morgan fingerprint density at radius 3 is 2.33 bits per heavy atom. The largest absolute Gasteiger partial charge is 0.495 e. The molecule has 2 rings (SSSR count). The summed E-state index contributed by atoms with van der Waals surface area (Å²) in [7, 11) is 3.18. The molecule has 1 unspecified atom stereocenters. The van der Waals surface area contributed by atoms with Crippen molar-refractivity contribution >= 4 is 28.9 Å². The molecule has 0 saturated heterocycles. The average Bonchev–Trinajstić information content (AvgIpc) is 2.47. The van der Waals surface area contributed by atoms with E-state index >= 15 is 0 Å². The Morgan fingerprint density at radius 2 is 1.71 bits per heavy atom. The van der Waals surface area contributed by atoms with Crippen LogP contribution in [-0.2, 0) is 0 Å². The number of benzene rings is 2. The topological polar surface area (TPSA) is 30.5 Å². The van der Waals surface area contributed by atoms with E-state index in [4.69, 9.17) is 32.7 Å². The van der Waals surface area contributed by atoms with Crippen LogP contribution in [0.3, 0.4) is 0 Å². The van der Waals surface area contributed by atoms with Crippen LogP contribution in [0.25, 0.3) is 0 Å². The molecule has 0 spiro atoms. The van der Waals surface area contributed by atoms with Crippen molar-refractivity contribution < 1.29 is 9.47 Å². The Hall–Kier alpha value is -1.58. The van der Waals surface area contributed by atoms with Crippen molar-refractivity contribution in [1.82, 2.24) is 0 Å². The van der Waals surface area contributed by atoms with E-state index < -0.39 is 0 Å². The summed E-state index contributed by atoms with van der Waals surface area (Å²) in [4.78, 5) is 0. The molecule has 2 aromatic rings. The zero-order valence-electron chi connectivity index (χ0n) is 12.1. The average molecular weight is 326 g/mol. The minimum absolute atomic E-state index is 0.0575. The van der Waals surface area contributed by atoms with Crippen LogP contribution in [0.5, 0.6) is 11.5 Å². The van der Waals surface area contributed by atoms with Crippen molar-refractivity contribution in [2.75, 3.05) is 19.5 Å². The van der Waals surface area contributed by atoms with Gasteiger partial charge < -0.3 is 14.8 Å². The molecule has 112 valence electrons. The first-order chi connectivity index (χ1) is 10.0. The van der Waals surface area contributed by atoms with E-state index in [0.29, 0.717) is 21.5 Å². The highest BCUT2D eigenvalue weighted by Crippen LogP contribution is 2.37. The molecule has 0 saturated carbocycles. The van der Waals surface area contributed by atoms with Crippen LogP contribution in [0, 0.1) is 0 Å². The molecule has 0 aliphatic carbocycles. The lowest BCUT2D eigenvalue weighted by atomic mass is 10.1. The number of hydrogen-bond acceptors (Lipinski definition) is 3. The quantitative estimate of drug-likeness (QED) is 0.821. The molecule has 0 fully saturated rings. The lowest BCUT2D eigenvalue weighted by Crippen LogP contribution is -2.08. The van der Waals surface area contributed by atoms with Crippen molar-refractivity contribution in [3.63, 3.8) is 0 Å². The molecule has 1 N–H and O–H groups in total. The van der Waals surface area contributed by atoms with Crippen LogP contribution in [0.1, 0.15) is 18.5 Å². The molecule has 0 aliphatic rings. The normalized spacial score (nSPS) is 11.9. The van der Waals surface area contributed by atoms with Crippen molar-refractivity contribution in [3.05, 3.63) is 52.0 Å². The molecule has 0 heterocycles. The Labute approximate surface area is 134 Å². The van der Waals surface area contributed by atoms with E-state index in [1.807, 2.05) is 31.2 Å². The number of nitrogens with one attached hydrogen (secondary N) is 1. The van der Waals surface area contributed by atoms with Crippen LogP contribution in [0.15, 0.2) is 36.4 Å². The first kappa shape index (κ1) is 15.8. The third-order valence-corrected chi connectivity index (χ3v) is 3.73. The fraction of sp³-hybridized carbons (Fsp3) is 0.250. The van der Waals surface area contributed by atoms with Gasteiger partial charge in [-0.3, -0.25) is 0 Å². The van der Waals surface area contributed by atoms with Gasteiger partial charge in [-0.1, -0.05) is 35.3 Å². The molecule has 1 atom stereocenters. The maximum absolute atomic E-state index is 6.17. The van der Waals surface area contributed by atoms with Crippen LogP contribution < -0.4 is 14.8 Å². The highest BCUT2D eigenvalue weighted by atomic mass is 35.5. The number of halogens is 2. The smallest absolute Gasteiger partial charge is 0.145 e. The number of anilines is 1. The highest BCUT2D eigenvalue weighted by Gasteiger charge is 2.13. The van der Waals surface area contributed by atoms with Crippen LogP contribution in [-0.4, -0.2) is 14.2 Å². The molecule has 3 nitrogen and oxygen atoms in total. The van der Waals surface area contributed by atoms with Gasteiger partial charge in [-0.2, -0.15) is 0 Å². The summed E-state index contributed by atoms with van der Waals surface area (Å²) in [5, 5.41) is 4.61. The SMILES string of the molecule is COc1cc(OC)c(NC(C)c2cccc(Cl)c2)cc1Cl. The van der Waals surface area contributed by atoms with Crippen LogP contribution in [0.2, 0.25) is 10.0 Å². The molecule has 0 aromatic heterocycles. The van der Waals surface area contributed by atoms with E-state index in [2.05, 4.69) is 5.32 Å². The van der Waals surface area contributed by atoms with Gasteiger partial charge in [0.05, 0.1) is 24.9 Å². The summed E-state index contributed by atoms with van der Waals surface area (Å²) in [6.45, 7) is 2.04. The van der Waals surface area contributed by atoms with Gasteiger partial charge in [0, 0.05) is 17.1 Å². The number of ether oxygens (including phenoxy) is 2. The Balaban J connectivity index is 2.28. The summed E-state index contributed by atoms with van der Waals surface area (Å²) < 4.78 is 10.6. The van der Waals surface area contributed by atoms with Crippen molar-refractivity contribution in [3.8, 4) is 11.5 Å². The van der Waals surface area contributed by atoms with Gasteiger partial charge >= 0.3 is 0 Å². The maximum Gasteiger partial charge on any atom is 0.145 e. The molecule has 0 aliphatic heterocycles. The van der Waals surface area contributed by atoms with Gasteiger partial charge in [0.25, 0.3) is 0 Å². The Morgan fingerprint density at radius 1 is 1.00 bits per heavy atom. The molecule has 0 amide bonds. The van der Waals surface area contributed by atoms with E-state index in [9.17, 15) is 0 Å². The number of hydrogen-bond donors (Lipinski definition) is 1. The second-order valence-corrected chi connectivity index (χ2v) is 5.45. The summed E-state index contributed by atoms with van der Waals surface area (Å²) >= 11 is 12.2. The third-order valence-electron chi connectivity index (χ3n) is 3.19. The summed E-state index contributed by atoms with van der Waals surface area (Å²) in [5.41, 5.74) is 1.88. The molecular formula is C16H17Cl2NO2. The second kappa shape index (κ2) is 6.92. The molecule has 5 heteroatoms. The van der Waals surface area contributed by atoms with Gasteiger partial charge in [-0.15, -0.1) is 0 Å². The van der Waals surface area contributed by atoms with Gasteiger partial charge in [0.15, 0.2) is 0 Å². The third kappa shape index (κ3) is 3.74. The fourth-order valence-electron chi connectivity index (χ4n) is 2.07. The lowest BCUT2D eigenvalue weighted by Gasteiger charge is -2.19. The lowest BCUT2D eigenvalue weighted by molar-refractivity contribution is 0.395. The Bertz CT molecular complexity index is 632. The predicted octanol–water partition coefficient (Wildman–Crippen LogP) is 5.18. The van der Waals surface area contributed by atoms with Crippen molar-refractivity contribution in [2.45, 2.75) is 13.0 Å². The van der Waals surface area contributed by atoms with E-state index in [-0.39, 0.29) is 6.04 Å². The molecule has 21 heavy (non-hydrogen) atoms. The summed E-state index contributed by atoms with van der Waals surface area (Å²) in [5.74, 6) is 1.25. The van der Waals surface area contributed by atoms with Crippen LogP contribution in [0.4, 0.5) is 5.69 Å². The van der Waals surface area contributed by atoms with Gasteiger partial charge in [-0.05, 0) is 30.7 Å². The number of methoxy groups -OCH3 is 2. The van der Waals surface area contributed by atoms with Gasteiger partial charge in [0.1, 0.15) is 11.5 Å². The summed E-state index contributed by atoms with van der Waals surface area (Å²) in [6, 6.07) is 11.3. The number of rotatable bonds is 5. The van der Waals surface area contributed by atoms with E-state index in [0.717, 1.165) is 11.3 Å². The van der Waals surface area contributed by atoms with E-state index in [1.54, 1.807) is 26.4 Å².